The minimum atomic E-state index is 0.0904. The van der Waals surface area contributed by atoms with Gasteiger partial charge in [0.15, 0.2) is 5.82 Å². The monoisotopic (exact) mass is 393 g/mol. The SMILES string of the molecule is Cn1c(/C(C#N)=C(\O)CN2CCN(Cc3cccs3)CC2)nc2ccccc21. The van der Waals surface area contributed by atoms with E-state index in [1.807, 2.05) is 35.9 Å². The summed E-state index contributed by atoms with van der Waals surface area (Å²) in [6, 6.07) is 14.2. The molecule has 3 aromatic rings. The number of thiophene rings is 1. The molecule has 144 valence electrons. The highest BCUT2D eigenvalue weighted by atomic mass is 32.1. The Hall–Kier alpha value is -2.66. The van der Waals surface area contributed by atoms with Crippen LogP contribution in [0.5, 0.6) is 0 Å². The third kappa shape index (κ3) is 3.80. The minimum Gasteiger partial charge on any atom is -0.509 e. The molecule has 0 amide bonds. The van der Waals surface area contributed by atoms with Crippen LogP contribution in [-0.2, 0) is 13.6 Å². The molecular weight excluding hydrogens is 370 g/mol. The van der Waals surface area contributed by atoms with Crippen LogP contribution in [-0.4, -0.2) is 57.2 Å². The predicted molar refractivity (Wildman–Crippen MR) is 112 cm³/mol. The number of allylic oxidation sites excluding steroid dienone is 1. The van der Waals surface area contributed by atoms with Crippen LogP contribution in [0.3, 0.4) is 0 Å². The van der Waals surface area contributed by atoms with E-state index in [9.17, 15) is 10.4 Å². The Kier molecular flexibility index (Phi) is 5.44. The van der Waals surface area contributed by atoms with Crippen LogP contribution in [0.4, 0.5) is 0 Å². The molecule has 0 radical (unpaired) electrons. The van der Waals surface area contributed by atoms with E-state index in [4.69, 9.17) is 0 Å². The van der Waals surface area contributed by atoms with Crippen molar-refractivity contribution in [2.24, 2.45) is 7.05 Å². The molecular formula is C21H23N5OS. The molecule has 0 spiro atoms. The highest BCUT2D eigenvalue weighted by Gasteiger charge is 2.21. The Balaban J connectivity index is 1.45. The lowest BCUT2D eigenvalue weighted by atomic mass is 10.2. The van der Waals surface area contributed by atoms with Crippen LogP contribution < -0.4 is 0 Å². The molecule has 6 nitrogen and oxygen atoms in total. The number of piperazine rings is 1. The molecule has 0 atom stereocenters. The first-order valence-electron chi connectivity index (χ1n) is 9.37. The quantitative estimate of drug-likeness (QED) is 0.532. The highest BCUT2D eigenvalue weighted by molar-refractivity contribution is 7.09. The maximum Gasteiger partial charge on any atom is 0.155 e. The summed E-state index contributed by atoms with van der Waals surface area (Å²) < 4.78 is 1.86. The van der Waals surface area contributed by atoms with Gasteiger partial charge in [-0.05, 0) is 23.6 Å². The van der Waals surface area contributed by atoms with Crippen LogP contribution >= 0.6 is 11.3 Å². The third-order valence-corrected chi connectivity index (χ3v) is 6.07. The second kappa shape index (κ2) is 8.15. The van der Waals surface area contributed by atoms with E-state index in [-0.39, 0.29) is 11.3 Å². The molecule has 1 aromatic carbocycles. The first-order valence-corrected chi connectivity index (χ1v) is 10.2. The predicted octanol–water partition coefficient (Wildman–Crippen LogP) is 3.25. The molecule has 1 aliphatic rings. The Labute approximate surface area is 168 Å². The Morgan fingerprint density at radius 1 is 1.14 bits per heavy atom. The number of hydrogen-bond acceptors (Lipinski definition) is 6. The number of aliphatic hydroxyl groups is 1. The van der Waals surface area contributed by atoms with Gasteiger partial charge in [-0.15, -0.1) is 11.3 Å². The van der Waals surface area contributed by atoms with E-state index < -0.39 is 0 Å². The van der Waals surface area contributed by atoms with Gasteiger partial charge in [0.25, 0.3) is 0 Å². The summed E-state index contributed by atoms with van der Waals surface area (Å²) >= 11 is 1.79. The zero-order chi connectivity index (χ0) is 19.5. The Morgan fingerprint density at radius 2 is 1.89 bits per heavy atom. The highest BCUT2D eigenvalue weighted by Crippen LogP contribution is 2.22. The van der Waals surface area contributed by atoms with E-state index in [0.717, 1.165) is 43.8 Å². The third-order valence-electron chi connectivity index (χ3n) is 5.21. The molecule has 1 fully saturated rings. The van der Waals surface area contributed by atoms with Crippen molar-refractivity contribution < 1.29 is 5.11 Å². The van der Waals surface area contributed by atoms with Crippen molar-refractivity contribution in [1.82, 2.24) is 19.4 Å². The second-order valence-electron chi connectivity index (χ2n) is 7.05. The largest absolute Gasteiger partial charge is 0.509 e. The zero-order valence-electron chi connectivity index (χ0n) is 15.9. The van der Waals surface area contributed by atoms with Crippen molar-refractivity contribution in [1.29, 1.82) is 5.26 Å². The minimum absolute atomic E-state index is 0.0904. The maximum absolute atomic E-state index is 10.7. The van der Waals surface area contributed by atoms with Gasteiger partial charge in [0.05, 0.1) is 17.6 Å². The van der Waals surface area contributed by atoms with Gasteiger partial charge in [-0.1, -0.05) is 18.2 Å². The van der Waals surface area contributed by atoms with Gasteiger partial charge in [-0.3, -0.25) is 9.80 Å². The van der Waals surface area contributed by atoms with Crippen molar-refractivity contribution >= 4 is 27.9 Å². The van der Waals surface area contributed by atoms with Crippen molar-refractivity contribution in [2.45, 2.75) is 6.54 Å². The van der Waals surface area contributed by atoms with Gasteiger partial charge in [-0.2, -0.15) is 5.26 Å². The van der Waals surface area contributed by atoms with E-state index in [2.05, 4.69) is 38.4 Å². The smallest absolute Gasteiger partial charge is 0.155 e. The number of imidazole rings is 1. The molecule has 0 aliphatic carbocycles. The molecule has 0 saturated carbocycles. The summed E-state index contributed by atoms with van der Waals surface area (Å²) in [5.41, 5.74) is 2.02. The molecule has 1 saturated heterocycles. The standard InChI is InChI=1S/C21H23N5OS/c1-24-19-7-3-2-6-18(19)23-21(24)17(13-22)20(27)15-26-10-8-25(9-11-26)14-16-5-4-12-28-16/h2-7,12,27H,8-11,14-15H2,1H3/b20-17-. The van der Waals surface area contributed by atoms with E-state index in [0.29, 0.717) is 12.4 Å². The van der Waals surface area contributed by atoms with E-state index in [1.54, 1.807) is 11.3 Å². The molecule has 3 heterocycles. The van der Waals surface area contributed by atoms with E-state index >= 15 is 0 Å². The summed E-state index contributed by atoms with van der Waals surface area (Å²) in [5.74, 6) is 0.602. The normalized spacial score (nSPS) is 16.9. The summed E-state index contributed by atoms with van der Waals surface area (Å²) in [5, 5.41) is 22.5. The number of fused-ring (bicyclic) bond motifs is 1. The Bertz CT molecular complexity index is 1020. The lowest BCUT2D eigenvalue weighted by Gasteiger charge is -2.34. The Morgan fingerprint density at radius 3 is 2.57 bits per heavy atom. The number of rotatable bonds is 5. The molecule has 4 rings (SSSR count). The topological polar surface area (TPSA) is 68.3 Å². The number of para-hydroxylation sites is 2. The molecule has 1 N–H and O–H groups in total. The zero-order valence-corrected chi connectivity index (χ0v) is 16.7. The van der Waals surface area contributed by atoms with Crippen molar-refractivity contribution in [3.8, 4) is 6.07 Å². The lowest BCUT2D eigenvalue weighted by molar-refractivity contribution is 0.126. The fraction of sp³-hybridized carbons (Fsp3) is 0.333. The molecule has 0 bridgehead atoms. The summed E-state index contributed by atoms with van der Waals surface area (Å²) in [4.78, 5) is 10.6. The van der Waals surface area contributed by atoms with Gasteiger partial charge in [-0.25, -0.2) is 4.98 Å². The van der Waals surface area contributed by atoms with Gasteiger partial charge in [0.1, 0.15) is 17.4 Å². The van der Waals surface area contributed by atoms with Gasteiger partial charge in [0, 0.05) is 44.6 Å². The first kappa shape index (κ1) is 18.7. The average molecular weight is 394 g/mol. The fourth-order valence-electron chi connectivity index (χ4n) is 3.63. The fourth-order valence-corrected chi connectivity index (χ4v) is 4.38. The van der Waals surface area contributed by atoms with Gasteiger partial charge < -0.3 is 9.67 Å². The number of aliphatic hydroxyl groups excluding tert-OH is 1. The van der Waals surface area contributed by atoms with Crippen molar-refractivity contribution in [3.63, 3.8) is 0 Å². The van der Waals surface area contributed by atoms with Crippen molar-refractivity contribution in [2.75, 3.05) is 32.7 Å². The van der Waals surface area contributed by atoms with Crippen LogP contribution in [0.2, 0.25) is 0 Å². The average Bonchev–Trinajstić information content (AvgIpc) is 3.33. The number of nitriles is 1. The lowest BCUT2D eigenvalue weighted by Crippen LogP contribution is -2.46. The van der Waals surface area contributed by atoms with Crippen LogP contribution in [0.15, 0.2) is 47.5 Å². The summed E-state index contributed by atoms with van der Waals surface area (Å²) in [7, 11) is 1.87. The van der Waals surface area contributed by atoms with Crippen LogP contribution in [0.1, 0.15) is 10.7 Å². The number of benzene rings is 1. The second-order valence-corrected chi connectivity index (χ2v) is 8.08. The van der Waals surface area contributed by atoms with Crippen LogP contribution in [0.25, 0.3) is 16.6 Å². The van der Waals surface area contributed by atoms with Crippen molar-refractivity contribution in [3.05, 3.63) is 58.2 Å². The molecule has 0 unspecified atom stereocenters. The molecule has 7 heteroatoms. The van der Waals surface area contributed by atoms with E-state index in [1.165, 1.54) is 4.88 Å². The number of nitrogens with zero attached hydrogens (tertiary/aromatic N) is 5. The molecule has 28 heavy (non-hydrogen) atoms. The van der Waals surface area contributed by atoms with Crippen LogP contribution in [0, 0.1) is 11.3 Å². The summed E-state index contributed by atoms with van der Waals surface area (Å²) in [6.07, 6.45) is 0. The van der Waals surface area contributed by atoms with Gasteiger partial charge in [0.2, 0.25) is 0 Å². The number of aromatic nitrogens is 2. The maximum atomic E-state index is 10.7. The number of aryl methyl sites for hydroxylation is 1. The molecule has 1 aliphatic heterocycles. The van der Waals surface area contributed by atoms with Gasteiger partial charge >= 0.3 is 0 Å². The first-order chi connectivity index (χ1) is 13.7. The number of hydrogen-bond donors (Lipinski definition) is 1. The molecule has 2 aromatic heterocycles. The summed E-state index contributed by atoms with van der Waals surface area (Å²) in [6.45, 7) is 5.02.